The Morgan fingerprint density at radius 1 is 1.00 bits per heavy atom. The number of nitrogens with one attached hydrogen (secondary N) is 1. The molecule has 0 spiro atoms. The number of halogens is 3. The molecule has 4 N–H and O–H groups in total. The highest BCUT2D eigenvalue weighted by Gasteiger charge is 2.41. The second-order valence-electron chi connectivity index (χ2n) is 10.6. The number of nitrogens with zero attached hydrogens (tertiary/aromatic N) is 3. The van der Waals surface area contributed by atoms with Crippen molar-refractivity contribution < 1.29 is 23.1 Å². The summed E-state index contributed by atoms with van der Waals surface area (Å²) in [5.41, 5.74) is 9.25. The number of hydrogen-bond acceptors (Lipinski definition) is 6. The molecule has 1 fully saturated rings. The number of alkyl halides is 3. The van der Waals surface area contributed by atoms with Gasteiger partial charge in [0, 0.05) is 40.4 Å². The van der Waals surface area contributed by atoms with Crippen molar-refractivity contribution in [2.24, 2.45) is 21.6 Å². The van der Waals surface area contributed by atoms with Crippen LogP contribution in [0.4, 0.5) is 18.9 Å². The molecule has 6 rings (SSSR count). The molecule has 210 valence electrons. The van der Waals surface area contributed by atoms with Gasteiger partial charge in [0.15, 0.2) is 0 Å². The van der Waals surface area contributed by atoms with Gasteiger partial charge >= 0.3 is 6.18 Å². The molecule has 0 radical (unpaired) electrons. The van der Waals surface area contributed by atoms with Crippen molar-refractivity contribution in [3.63, 3.8) is 0 Å². The lowest BCUT2D eigenvalue weighted by Gasteiger charge is -2.30. The van der Waals surface area contributed by atoms with E-state index in [0.29, 0.717) is 54.5 Å². The van der Waals surface area contributed by atoms with E-state index in [9.17, 15) is 23.1 Å². The lowest BCUT2D eigenvalue weighted by Crippen LogP contribution is -2.32. The Bertz CT molecular complexity index is 1650. The molecule has 1 aliphatic heterocycles. The maximum atomic E-state index is 14.1. The Morgan fingerprint density at radius 3 is 2.54 bits per heavy atom. The second kappa shape index (κ2) is 10.6. The van der Waals surface area contributed by atoms with Crippen LogP contribution in [0.25, 0.3) is 16.5 Å². The van der Waals surface area contributed by atoms with Gasteiger partial charge in [-0.15, -0.1) is 0 Å². The van der Waals surface area contributed by atoms with Gasteiger partial charge < -0.3 is 16.2 Å². The van der Waals surface area contributed by atoms with Crippen LogP contribution in [-0.4, -0.2) is 45.9 Å². The lowest BCUT2D eigenvalue weighted by molar-refractivity contribution is -0.0598. The van der Waals surface area contributed by atoms with Crippen molar-refractivity contribution in [3.05, 3.63) is 89.3 Å². The van der Waals surface area contributed by atoms with Gasteiger partial charge in [0.25, 0.3) is 5.91 Å². The molecule has 0 bridgehead atoms. The summed E-state index contributed by atoms with van der Waals surface area (Å²) in [6.07, 6.45) is 3.26. The van der Waals surface area contributed by atoms with Crippen LogP contribution in [0.15, 0.2) is 82.6 Å². The van der Waals surface area contributed by atoms with Gasteiger partial charge in [-0.3, -0.25) is 9.78 Å². The molecular formula is C31H28F3N5O2. The molecule has 1 unspecified atom stereocenters. The lowest BCUT2D eigenvalue weighted by atomic mass is 9.82. The SMILES string of the molecule is NC(=O)c1ccc(C2=NC(C(F)(F)F)=NC3=C(c4cnc5ccccc5c4)C=CCC23)cc1NC1CCC(O)CC1. The van der Waals surface area contributed by atoms with Crippen molar-refractivity contribution in [1.29, 1.82) is 0 Å². The third kappa shape index (κ3) is 5.39. The van der Waals surface area contributed by atoms with Crippen molar-refractivity contribution >= 4 is 39.6 Å². The maximum Gasteiger partial charge on any atom is 0.451 e. The number of aliphatic imine (C=N–C) groups is 2. The number of carbonyl (C=O) groups excluding carboxylic acids is 1. The first kappa shape index (κ1) is 26.9. The Labute approximate surface area is 234 Å². The molecule has 1 amide bonds. The summed E-state index contributed by atoms with van der Waals surface area (Å²) in [7, 11) is 0. The monoisotopic (exact) mass is 559 g/mol. The van der Waals surface area contributed by atoms with Crippen LogP contribution >= 0.6 is 0 Å². The van der Waals surface area contributed by atoms with Gasteiger partial charge in [-0.2, -0.15) is 13.2 Å². The highest BCUT2D eigenvalue weighted by Crippen LogP contribution is 2.40. The van der Waals surface area contributed by atoms with E-state index in [1.165, 1.54) is 6.07 Å². The Hall–Kier alpha value is -4.31. The summed E-state index contributed by atoms with van der Waals surface area (Å²) in [5, 5.41) is 14.1. The number of aliphatic hydroxyl groups excluding tert-OH is 1. The minimum absolute atomic E-state index is 0.00702. The molecule has 7 nitrogen and oxygen atoms in total. The molecule has 1 atom stereocenters. The molecular weight excluding hydrogens is 531 g/mol. The van der Waals surface area contributed by atoms with E-state index in [1.807, 2.05) is 36.4 Å². The number of amides is 1. The molecule has 2 aromatic carbocycles. The topological polar surface area (TPSA) is 113 Å². The fraction of sp³-hybridized carbons (Fsp3) is 0.290. The normalized spacial score (nSPS) is 22.7. The van der Waals surface area contributed by atoms with Crippen molar-refractivity contribution in [2.75, 3.05) is 5.32 Å². The Morgan fingerprint density at radius 2 is 1.78 bits per heavy atom. The zero-order valence-electron chi connectivity index (χ0n) is 22.0. The number of rotatable bonds is 5. The zero-order valence-corrected chi connectivity index (χ0v) is 22.0. The summed E-state index contributed by atoms with van der Waals surface area (Å²) in [5.74, 6) is -2.41. The molecule has 0 saturated heterocycles. The van der Waals surface area contributed by atoms with E-state index in [4.69, 9.17) is 5.73 Å². The Kier molecular flexibility index (Phi) is 6.94. The first-order valence-corrected chi connectivity index (χ1v) is 13.6. The van der Waals surface area contributed by atoms with Crippen LogP contribution in [0.3, 0.4) is 0 Å². The minimum Gasteiger partial charge on any atom is -0.393 e. The van der Waals surface area contributed by atoms with Crippen LogP contribution in [0.5, 0.6) is 0 Å². The number of nitrogens with two attached hydrogens (primary N) is 1. The number of aromatic nitrogens is 1. The van der Waals surface area contributed by atoms with Gasteiger partial charge in [-0.05, 0) is 61.9 Å². The van der Waals surface area contributed by atoms with Gasteiger partial charge in [0.05, 0.1) is 28.6 Å². The van der Waals surface area contributed by atoms with E-state index in [-0.39, 0.29) is 29.1 Å². The first-order valence-electron chi connectivity index (χ1n) is 13.6. The molecule has 1 saturated carbocycles. The number of benzene rings is 2. The van der Waals surface area contributed by atoms with Crippen molar-refractivity contribution in [2.45, 2.75) is 50.4 Å². The largest absolute Gasteiger partial charge is 0.451 e. The van der Waals surface area contributed by atoms with Gasteiger partial charge in [-0.1, -0.05) is 36.4 Å². The van der Waals surface area contributed by atoms with E-state index in [2.05, 4.69) is 20.3 Å². The van der Waals surface area contributed by atoms with Gasteiger partial charge in [-0.25, -0.2) is 9.98 Å². The fourth-order valence-corrected chi connectivity index (χ4v) is 5.75. The molecule has 3 aliphatic rings. The maximum absolute atomic E-state index is 14.1. The summed E-state index contributed by atoms with van der Waals surface area (Å²) < 4.78 is 42.4. The van der Waals surface area contributed by atoms with E-state index in [1.54, 1.807) is 24.4 Å². The van der Waals surface area contributed by atoms with Crippen LogP contribution in [0.2, 0.25) is 0 Å². The average molecular weight is 560 g/mol. The summed E-state index contributed by atoms with van der Waals surface area (Å²) >= 11 is 0. The predicted molar refractivity (Wildman–Crippen MR) is 153 cm³/mol. The number of aliphatic hydroxyl groups is 1. The number of anilines is 1. The van der Waals surface area contributed by atoms with E-state index in [0.717, 1.165) is 10.9 Å². The third-order valence-electron chi connectivity index (χ3n) is 7.84. The van der Waals surface area contributed by atoms with Crippen molar-refractivity contribution in [3.8, 4) is 0 Å². The summed E-state index contributed by atoms with van der Waals surface area (Å²) in [4.78, 5) is 24.8. The van der Waals surface area contributed by atoms with E-state index < -0.39 is 23.8 Å². The van der Waals surface area contributed by atoms with Crippen LogP contribution < -0.4 is 11.1 Å². The number of amidine groups is 1. The average Bonchev–Trinajstić information content (AvgIpc) is 2.96. The van der Waals surface area contributed by atoms with Crippen molar-refractivity contribution in [1.82, 2.24) is 4.98 Å². The Balaban J connectivity index is 1.45. The number of carbonyl (C=O) groups is 1. The quantitative estimate of drug-likeness (QED) is 0.367. The number of pyridine rings is 1. The molecule has 2 heterocycles. The van der Waals surface area contributed by atoms with E-state index >= 15 is 0 Å². The predicted octanol–water partition coefficient (Wildman–Crippen LogP) is 5.80. The number of primary amides is 1. The third-order valence-corrected chi connectivity index (χ3v) is 7.84. The second-order valence-corrected chi connectivity index (χ2v) is 10.6. The smallest absolute Gasteiger partial charge is 0.393 e. The summed E-state index contributed by atoms with van der Waals surface area (Å²) in [6, 6.07) is 14.2. The highest BCUT2D eigenvalue weighted by atomic mass is 19.4. The first-order chi connectivity index (χ1) is 19.7. The highest BCUT2D eigenvalue weighted by molar-refractivity contribution is 6.15. The van der Waals surface area contributed by atoms with Crippen LogP contribution in [-0.2, 0) is 0 Å². The van der Waals surface area contributed by atoms with Gasteiger partial charge in [0.2, 0.25) is 5.84 Å². The fourth-order valence-electron chi connectivity index (χ4n) is 5.75. The van der Waals surface area contributed by atoms with Crippen LogP contribution in [0.1, 0.15) is 53.6 Å². The zero-order chi connectivity index (χ0) is 28.7. The van der Waals surface area contributed by atoms with Gasteiger partial charge in [0.1, 0.15) is 0 Å². The van der Waals surface area contributed by atoms with Crippen LogP contribution in [0, 0.1) is 5.92 Å². The molecule has 10 heteroatoms. The number of para-hydroxylation sites is 1. The standard InChI is InChI=1S/C31H28F3N5O2/c32-31(33,34)30-38-27(18-8-13-23(29(35)41)26(15-18)37-20-9-11-21(40)12-10-20)24-6-3-5-22(28(24)39-30)19-14-17-4-1-2-7-25(17)36-16-19/h1-5,7-8,13-16,20-21,24,37,40H,6,9-12H2,(H2,35,41). The molecule has 1 aromatic heterocycles. The summed E-state index contributed by atoms with van der Waals surface area (Å²) in [6.45, 7) is 0. The number of hydrogen-bond donors (Lipinski definition) is 3. The molecule has 41 heavy (non-hydrogen) atoms. The number of fused-ring (bicyclic) bond motifs is 2. The number of allylic oxidation sites excluding steroid dienone is 4. The molecule has 2 aliphatic carbocycles. The molecule has 3 aromatic rings. The minimum atomic E-state index is -4.77.